The summed E-state index contributed by atoms with van der Waals surface area (Å²) in [6.45, 7) is 2.44. The fourth-order valence-corrected chi connectivity index (χ4v) is 2.58. The van der Waals surface area contributed by atoms with Crippen LogP contribution in [0.15, 0.2) is 18.2 Å². The number of likely N-dealkylation sites (N-methyl/N-ethyl adjacent to an activating group) is 1. The van der Waals surface area contributed by atoms with E-state index in [1.807, 2.05) is 0 Å². The molecule has 2 atom stereocenters. The van der Waals surface area contributed by atoms with Crippen molar-refractivity contribution >= 4 is 0 Å². The first-order valence-corrected chi connectivity index (χ1v) is 6.57. The zero-order valence-electron chi connectivity index (χ0n) is 11.4. The Labute approximate surface area is 113 Å². The SMILES string of the molecule is CN(C)C1CCN(CC(N)c2cccc(F)c2F)C1. The molecule has 1 aromatic carbocycles. The van der Waals surface area contributed by atoms with E-state index in [4.69, 9.17) is 5.73 Å². The molecule has 0 spiro atoms. The zero-order valence-corrected chi connectivity index (χ0v) is 11.4. The maximum absolute atomic E-state index is 13.6. The maximum atomic E-state index is 13.6. The minimum Gasteiger partial charge on any atom is -0.323 e. The van der Waals surface area contributed by atoms with Crippen LogP contribution < -0.4 is 5.73 Å². The van der Waals surface area contributed by atoms with Crippen LogP contribution in [0.25, 0.3) is 0 Å². The van der Waals surface area contributed by atoms with Crippen LogP contribution in [0.1, 0.15) is 18.0 Å². The first kappa shape index (κ1) is 14.4. The molecule has 1 heterocycles. The molecule has 0 aromatic heterocycles. The molecule has 106 valence electrons. The quantitative estimate of drug-likeness (QED) is 0.901. The lowest BCUT2D eigenvalue weighted by Gasteiger charge is -2.23. The predicted molar refractivity (Wildman–Crippen MR) is 71.8 cm³/mol. The van der Waals surface area contributed by atoms with Crippen molar-refractivity contribution < 1.29 is 8.78 Å². The van der Waals surface area contributed by atoms with Crippen molar-refractivity contribution in [3.63, 3.8) is 0 Å². The first-order valence-electron chi connectivity index (χ1n) is 6.57. The normalized spacial score (nSPS) is 22.1. The standard InChI is InChI=1S/C14H21F2N3/c1-18(2)10-6-7-19(8-10)9-13(17)11-4-3-5-12(15)14(11)16/h3-5,10,13H,6-9,17H2,1-2H3. The second kappa shape index (κ2) is 5.94. The molecule has 0 amide bonds. The van der Waals surface area contributed by atoms with E-state index in [-0.39, 0.29) is 5.56 Å². The fraction of sp³-hybridized carbons (Fsp3) is 0.571. The third kappa shape index (κ3) is 3.29. The van der Waals surface area contributed by atoms with Gasteiger partial charge in [-0.2, -0.15) is 0 Å². The van der Waals surface area contributed by atoms with Gasteiger partial charge in [0.1, 0.15) is 0 Å². The summed E-state index contributed by atoms with van der Waals surface area (Å²) >= 11 is 0. The minimum atomic E-state index is -0.833. The van der Waals surface area contributed by atoms with Crippen LogP contribution in [0.3, 0.4) is 0 Å². The Hall–Kier alpha value is -1.04. The summed E-state index contributed by atoms with van der Waals surface area (Å²) in [5.41, 5.74) is 6.26. The van der Waals surface area contributed by atoms with Crippen LogP contribution in [0, 0.1) is 11.6 Å². The van der Waals surface area contributed by atoms with Crippen molar-refractivity contribution in [3.05, 3.63) is 35.4 Å². The summed E-state index contributed by atoms with van der Waals surface area (Å²) in [6.07, 6.45) is 1.09. The number of hydrogen-bond donors (Lipinski definition) is 1. The van der Waals surface area contributed by atoms with E-state index in [1.165, 1.54) is 6.07 Å². The number of likely N-dealkylation sites (tertiary alicyclic amines) is 1. The molecule has 1 aromatic rings. The van der Waals surface area contributed by atoms with Crippen molar-refractivity contribution in [2.24, 2.45) is 5.73 Å². The lowest BCUT2D eigenvalue weighted by Crippen LogP contribution is -2.35. The van der Waals surface area contributed by atoms with Crippen LogP contribution in [-0.2, 0) is 0 Å². The first-order chi connectivity index (χ1) is 8.99. The summed E-state index contributed by atoms with van der Waals surface area (Å²) in [6, 6.07) is 4.20. The second-order valence-corrected chi connectivity index (χ2v) is 5.42. The Kier molecular flexibility index (Phi) is 4.50. The smallest absolute Gasteiger partial charge is 0.163 e. The van der Waals surface area contributed by atoms with E-state index in [2.05, 4.69) is 23.9 Å². The van der Waals surface area contributed by atoms with Gasteiger partial charge in [0, 0.05) is 30.7 Å². The molecule has 2 N–H and O–H groups in total. The Balaban J connectivity index is 1.98. The fourth-order valence-electron chi connectivity index (χ4n) is 2.58. The van der Waals surface area contributed by atoms with Gasteiger partial charge in [-0.3, -0.25) is 4.90 Å². The van der Waals surface area contributed by atoms with Gasteiger partial charge in [0.2, 0.25) is 0 Å². The monoisotopic (exact) mass is 269 g/mol. The zero-order chi connectivity index (χ0) is 14.0. The minimum absolute atomic E-state index is 0.258. The van der Waals surface area contributed by atoms with Gasteiger partial charge >= 0.3 is 0 Å². The number of nitrogens with two attached hydrogens (primary N) is 1. The Morgan fingerprint density at radius 1 is 1.42 bits per heavy atom. The largest absolute Gasteiger partial charge is 0.323 e. The molecule has 0 radical (unpaired) electrons. The molecule has 19 heavy (non-hydrogen) atoms. The predicted octanol–water partition coefficient (Wildman–Crippen LogP) is 1.60. The third-order valence-electron chi connectivity index (χ3n) is 3.81. The van der Waals surface area contributed by atoms with E-state index >= 15 is 0 Å². The third-order valence-corrected chi connectivity index (χ3v) is 3.81. The summed E-state index contributed by atoms with van der Waals surface area (Å²) in [4.78, 5) is 4.40. The van der Waals surface area contributed by atoms with E-state index in [0.29, 0.717) is 12.6 Å². The van der Waals surface area contributed by atoms with Gasteiger partial charge in [0.05, 0.1) is 0 Å². The van der Waals surface area contributed by atoms with E-state index in [9.17, 15) is 8.78 Å². The van der Waals surface area contributed by atoms with E-state index in [0.717, 1.165) is 25.6 Å². The lowest BCUT2D eigenvalue weighted by atomic mass is 10.1. The van der Waals surface area contributed by atoms with Crippen LogP contribution in [0.5, 0.6) is 0 Å². The van der Waals surface area contributed by atoms with Gasteiger partial charge in [0.25, 0.3) is 0 Å². The maximum Gasteiger partial charge on any atom is 0.163 e. The molecule has 0 saturated carbocycles. The van der Waals surface area contributed by atoms with Crippen LogP contribution in [0.4, 0.5) is 8.78 Å². The highest BCUT2D eigenvalue weighted by atomic mass is 19.2. The van der Waals surface area contributed by atoms with Crippen molar-refractivity contribution in [3.8, 4) is 0 Å². The molecule has 5 heteroatoms. The van der Waals surface area contributed by atoms with Crippen molar-refractivity contribution in [2.45, 2.75) is 18.5 Å². The summed E-state index contributed by atoms with van der Waals surface area (Å²) < 4.78 is 26.8. The van der Waals surface area contributed by atoms with Crippen LogP contribution in [0.2, 0.25) is 0 Å². The molecule has 0 aliphatic carbocycles. The van der Waals surface area contributed by atoms with Crippen molar-refractivity contribution in [2.75, 3.05) is 33.7 Å². The molecule has 2 rings (SSSR count). The average molecular weight is 269 g/mol. The summed E-state index contributed by atoms with van der Waals surface area (Å²) in [7, 11) is 4.11. The summed E-state index contributed by atoms with van der Waals surface area (Å²) in [5, 5.41) is 0. The Morgan fingerprint density at radius 3 is 2.79 bits per heavy atom. The number of halogens is 2. The Bertz CT molecular complexity index is 437. The number of benzene rings is 1. The molecule has 2 unspecified atom stereocenters. The molecule has 1 aliphatic heterocycles. The van der Waals surface area contributed by atoms with Crippen LogP contribution >= 0.6 is 0 Å². The van der Waals surface area contributed by atoms with E-state index < -0.39 is 17.7 Å². The summed E-state index contributed by atoms with van der Waals surface area (Å²) in [5.74, 6) is -1.65. The number of rotatable bonds is 4. The van der Waals surface area contributed by atoms with Gasteiger partial charge in [-0.05, 0) is 33.1 Å². The number of hydrogen-bond acceptors (Lipinski definition) is 3. The Morgan fingerprint density at radius 2 is 2.16 bits per heavy atom. The second-order valence-electron chi connectivity index (χ2n) is 5.42. The molecule has 1 saturated heterocycles. The van der Waals surface area contributed by atoms with Crippen molar-refractivity contribution in [1.29, 1.82) is 0 Å². The molecule has 1 fully saturated rings. The topological polar surface area (TPSA) is 32.5 Å². The molecular formula is C14H21F2N3. The van der Waals surface area contributed by atoms with Gasteiger partial charge in [-0.1, -0.05) is 12.1 Å². The van der Waals surface area contributed by atoms with Gasteiger partial charge < -0.3 is 10.6 Å². The lowest BCUT2D eigenvalue weighted by molar-refractivity contribution is 0.259. The molecule has 1 aliphatic rings. The van der Waals surface area contributed by atoms with Crippen molar-refractivity contribution in [1.82, 2.24) is 9.80 Å². The molecular weight excluding hydrogens is 248 g/mol. The number of nitrogens with zero attached hydrogens (tertiary/aromatic N) is 2. The van der Waals surface area contributed by atoms with Gasteiger partial charge in [-0.15, -0.1) is 0 Å². The highest BCUT2D eigenvalue weighted by molar-refractivity contribution is 5.22. The van der Waals surface area contributed by atoms with Gasteiger partial charge in [-0.25, -0.2) is 8.78 Å². The van der Waals surface area contributed by atoms with E-state index in [1.54, 1.807) is 6.07 Å². The average Bonchev–Trinajstić information content (AvgIpc) is 2.81. The highest BCUT2D eigenvalue weighted by Gasteiger charge is 2.26. The highest BCUT2D eigenvalue weighted by Crippen LogP contribution is 2.21. The van der Waals surface area contributed by atoms with Crippen LogP contribution in [-0.4, -0.2) is 49.6 Å². The molecule has 3 nitrogen and oxygen atoms in total. The molecule has 0 bridgehead atoms. The van der Waals surface area contributed by atoms with Gasteiger partial charge in [0.15, 0.2) is 11.6 Å².